The first-order valence-electron chi connectivity index (χ1n) is 11.0. The van der Waals surface area contributed by atoms with Gasteiger partial charge in [0.1, 0.15) is 6.04 Å². The molecule has 0 unspecified atom stereocenters. The van der Waals surface area contributed by atoms with E-state index in [1.54, 1.807) is 13.8 Å². The highest BCUT2D eigenvalue weighted by atomic mass is 32.2. The molecule has 3 rings (SSSR count). The minimum atomic E-state index is -3.89. The smallest absolute Gasteiger partial charge is 0.241 e. The SMILES string of the molecule is Cc1cc(C)c(S(=O)(=O)N[C@H](Cc2ccccc2)C(=O)NCCN2CCOCC2)c(C)c1. The number of nitrogens with one attached hydrogen (secondary N) is 2. The molecule has 1 fully saturated rings. The fraction of sp³-hybridized carbons (Fsp3) is 0.458. The number of nitrogens with zero attached hydrogens (tertiary/aromatic N) is 1. The van der Waals surface area contributed by atoms with Gasteiger partial charge in [0.25, 0.3) is 0 Å². The van der Waals surface area contributed by atoms with Crippen LogP contribution in [0.15, 0.2) is 47.4 Å². The molecule has 1 saturated heterocycles. The highest BCUT2D eigenvalue weighted by Gasteiger charge is 2.28. The van der Waals surface area contributed by atoms with Crippen molar-refractivity contribution in [3.8, 4) is 0 Å². The Morgan fingerprint density at radius 1 is 1.06 bits per heavy atom. The van der Waals surface area contributed by atoms with Gasteiger partial charge in [-0.15, -0.1) is 0 Å². The van der Waals surface area contributed by atoms with E-state index in [-0.39, 0.29) is 17.2 Å². The largest absolute Gasteiger partial charge is 0.379 e. The lowest BCUT2D eigenvalue weighted by molar-refractivity contribution is -0.122. The minimum absolute atomic E-state index is 0.238. The number of sulfonamides is 1. The van der Waals surface area contributed by atoms with Crippen molar-refractivity contribution < 1.29 is 17.9 Å². The second-order valence-electron chi connectivity index (χ2n) is 8.34. The van der Waals surface area contributed by atoms with Crippen LogP contribution in [-0.2, 0) is 26.0 Å². The maximum Gasteiger partial charge on any atom is 0.241 e. The van der Waals surface area contributed by atoms with Crippen molar-refractivity contribution in [2.75, 3.05) is 39.4 Å². The van der Waals surface area contributed by atoms with Gasteiger partial charge in [-0.1, -0.05) is 48.0 Å². The Labute approximate surface area is 191 Å². The fourth-order valence-corrected chi connectivity index (χ4v) is 5.81. The first-order valence-corrected chi connectivity index (χ1v) is 12.5. The summed E-state index contributed by atoms with van der Waals surface area (Å²) in [6.07, 6.45) is 0.271. The summed E-state index contributed by atoms with van der Waals surface area (Å²) >= 11 is 0. The zero-order valence-corrected chi connectivity index (χ0v) is 19.9. The van der Waals surface area contributed by atoms with Crippen LogP contribution < -0.4 is 10.0 Å². The van der Waals surface area contributed by atoms with E-state index in [1.807, 2.05) is 49.4 Å². The number of ether oxygens (including phenoxy) is 1. The average Bonchev–Trinajstić information content (AvgIpc) is 2.73. The third-order valence-electron chi connectivity index (χ3n) is 5.60. The predicted octanol–water partition coefficient (Wildman–Crippen LogP) is 1.95. The lowest BCUT2D eigenvalue weighted by Crippen LogP contribution is -2.50. The first kappa shape index (κ1) is 24.4. The summed E-state index contributed by atoms with van der Waals surface area (Å²) in [5.41, 5.74) is 3.23. The molecule has 0 saturated carbocycles. The molecule has 2 aromatic rings. The van der Waals surface area contributed by atoms with Crippen LogP contribution in [0.25, 0.3) is 0 Å². The van der Waals surface area contributed by atoms with Crippen LogP contribution in [0.1, 0.15) is 22.3 Å². The highest BCUT2D eigenvalue weighted by molar-refractivity contribution is 7.89. The van der Waals surface area contributed by atoms with Gasteiger partial charge in [0.15, 0.2) is 0 Å². The predicted molar refractivity (Wildman–Crippen MR) is 125 cm³/mol. The molecule has 2 aromatic carbocycles. The molecule has 7 nitrogen and oxygen atoms in total. The molecule has 1 aliphatic heterocycles. The van der Waals surface area contributed by atoms with Gasteiger partial charge in [-0.05, 0) is 43.9 Å². The maximum atomic E-state index is 13.3. The van der Waals surface area contributed by atoms with Gasteiger partial charge >= 0.3 is 0 Å². The number of benzene rings is 2. The van der Waals surface area contributed by atoms with Crippen molar-refractivity contribution in [2.45, 2.75) is 38.1 Å². The van der Waals surface area contributed by atoms with Crippen molar-refractivity contribution in [2.24, 2.45) is 0 Å². The summed E-state index contributed by atoms with van der Waals surface area (Å²) in [6, 6.07) is 12.2. The van der Waals surface area contributed by atoms with Crippen molar-refractivity contribution in [3.63, 3.8) is 0 Å². The van der Waals surface area contributed by atoms with Gasteiger partial charge in [0.2, 0.25) is 15.9 Å². The molecular weight excluding hydrogens is 426 g/mol. The topological polar surface area (TPSA) is 87.7 Å². The molecule has 0 aliphatic carbocycles. The second-order valence-corrected chi connectivity index (χ2v) is 9.99. The van der Waals surface area contributed by atoms with Crippen LogP contribution in [0.4, 0.5) is 0 Å². The van der Waals surface area contributed by atoms with Gasteiger partial charge in [-0.2, -0.15) is 4.72 Å². The summed E-state index contributed by atoms with van der Waals surface area (Å²) in [5, 5.41) is 2.91. The molecule has 1 amide bonds. The Kier molecular flexibility index (Phi) is 8.42. The number of rotatable bonds is 9. The second kappa shape index (κ2) is 11.0. The van der Waals surface area contributed by atoms with E-state index in [0.29, 0.717) is 37.4 Å². The van der Waals surface area contributed by atoms with Crippen LogP contribution in [0, 0.1) is 20.8 Å². The summed E-state index contributed by atoms with van der Waals surface area (Å²) in [7, 11) is -3.89. The number of amides is 1. The molecule has 174 valence electrons. The molecule has 1 heterocycles. The van der Waals surface area contributed by atoms with E-state index in [0.717, 1.165) is 24.2 Å². The average molecular weight is 460 g/mol. The van der Waals surface area contributed by atoms with E-state index < -0.39 is 16.1 Å². The first-order chi connectivity index (χ1) is 15.3. The molecule has 8 heteroatoms. The molecule has 1 atom stereocenters. The molecule has 0 spiro atoms. The molecule has 2 N–H and O–H groups in total. The Hall–Kier alpha value is -2.26. The van der Waals surface area contributed by atoms with Gasteiger partial charge in [0, 0.05) is 26.2 Å². The lowest BCUT2D eigenvalue weighted by Gasteiger charge is -2.27. The fourth-order valence-electron chi connectivity index (χ4n) is 4.16. The van der Waals surface area contributed by atoms with Crippen LogP contribution >= 0.6 is 0 Å². The number of carbonyl (C=O) groups excluding carboxylic acids is 1. The third-order valence-corrected chi connectivity index (χ3v) is 7.38. The number of carbonyl (C=O) groups is 1. The van der Waals surface area contributed by atoms with E-state index in [1.165, 1.54) is 0 Å². The quantitative estimate of drug-likeness (QED) is 0.599. The van der Waals surface area contributed by atoms with Crippen LogP contribution in [0.3, 0.4) is 0 Å². The molecule has 1 aliphatic rings. The van der Waals surface area contributed by atoms with Crippen LogP contribution in [0.2, 0.25) is 0 Å². The van der Waals surface area contributed by atoms with Crippen molar-refractivity contribution in [3.05, 3.63) is 64.7 Å². The molecule has 0 radical (unpaired) electrons. The van der Waals surface area contributed by atoms with Crippen LogP contribution in [0.5, 0.6) is 0 Å². The van der Waals surface area contributed by atoms with Crippen LogP contribution in [-0.4, -0.2) is 64.7 Å². The van der Waals surface area contributed by atoms with Gasteiger partial charge in [0.05, 0.1) is 18.1 Å². The van der Waals surface area contributed by atoms with E-state index in [4.69, 9.17) is 4.74 Å². The summed E-state index contributed by atoms with van der Waals surface area (Å²) in [4.78, 5) is 15.5. The monoisotopic (exact) mass is 459 g/mol. The molecule has 0 bridgehead atoms. The third kappa shape index (κ3) is 6.62. The highest BCUT2D eigenvalue weighted by Crippen LogP contribution is 2.22. The number of morpholine rings is 1. The number of hydrogen-bond acceptors (Lipinski definition) is 5. The van der Waals surface area contributed by atoms with Gasteiger partial charge < -0.3 is 10.1 Å². The lowest BCUT2D eigenvalue weighted by atomic mass is 10.1. The van der Waals surface area contributed by atoms with E-state index in [9.17, 15) is 13.2 Å². The van der Waals surface area contributed by atoms with Crippen molar-refractivity contribution >= 4 is 15.9 Å². The normalized spacial score (nSPS) is 16.0. The standard InChI is InChI=1S/C24H33N3O4S/c1-18-15-19(2)23(20(3)16-18)32(29,30)26-22(17-21-7-5-4-6-8-21)24(28)25-9-10-27-11-13-31-14-12-27/h4-8,15-16,22,26H,9-14,17H2,1-3H3,(H,25,28)/t22-/m1/s1. The minimum Gasteiger partial charge on any atom is -0.379 e. The van der Waals surface area contributed by atoms with Gasteiger partial charge in [-0.3, -0.25) is 9.69 Å². The molecule has 0 aromatic heterocycles. The van der Waals surface area contributed by atoms with Gasteiger partial charge in [-0.25, -0.2) is 8.42 Å². The molecule has 32 heavy (non-hydrogen) atoms. The Morgan fingerprint density at radius 2 is 1.69 bits per heavy atom. The zero-order chi connectivity index (χ0) is 23.1. The maximum absolute atomic E-state index is 13.3. The summed E-state index contributed by atoms with van der Waals surface area (Å²) in [5.74, 6) is -0.326. The zero-order valence-electron chi connectivity index (χ0n) is 19.1. The summed E-state index contributed by atoms with van der Waals surface area (Å²) < 4.78 is 34.6. The Morgan fingerprint density at radius 3 is 2.31 bits per heavy atom. The number of aryl methyl sites for hydroxylation is 3. The summed E-state index contributed by atoms with van der Waals surface area (Å²) in [6.45, 7) is 9.71. The van der Waals surface area contributed by atoms with E-state index >= 15 is 0 Å². The molecular formula is C24H33N3O4S. The van der Waals surface area contributed by atoms with Crippen molar-refractivity contribution in [1.29, 1.82) is 0 Å². The van der Waals surface area contributed by atoms with E-state index in [2.05, 4.69) is 14.9 Å². The Bertz CT molecular complexity index is 996. The number of hydrogen-bond donors (Lipinski definition) is 2. The van der Waals surface area contributed by atoms with Crippen molar-refractivity contribution in [1.82, 2.24) is 14.9 Å². The Balaban J connectivity index is 1.75.